The second kappa shape index (κ2) is 4.41. The molecule has 1 saturated heterocycles. The quantitative estimate of drug-likeness (QED) is 0.753. The van der Waals surface area contributed by atoms with Crippen LogP contribution in [-0.4, -0.2) is 44.7 Å². The summed E-state index contributed by atoms with van der Waals surface area (Å²) in [5, 5.41) is 19.3. The Morgan fingerprint density at radius 1 is 1.30 bits per heavy atom. The molecule has 0 saturated carbocycles. The third kappa shape index (κ3) is 1.62. The smallest absolute Gasteiger partial charge is 0.300 e. The first kappa shape index (κ1) is 13.0. The second-order valence-corrected chi connectivity index (χ2v) is 6.55. The second-order valence-electron chi connectivity index (χ2n) is 4.84. The highest BCUT2D eigenvalue weighted by molar-refractivity contribution is 9.13. The van der Waals surface area contributed by atoms with Crippen LogP contribution in [0.4, 0.5) is 0 Å². The molecule has 0 unspecified atom stereocenters. The van der Waals surface area contributed by atoms with Gasteiger partial charge < -0.3 is 19.7 Å². The molecule has 2 aliphatic rings. The summed E-state index contributed by atoms with van der Waals surface area (Å²) in [6.45, 7) is -0.241. The summed E-state index contributed by atoms with van der Waals surface area (Å²) in [6.07, 6.45) is -2.48. The molecule has 1 aromatic carbocycles. The van der Waals surface area contributed by atoms with Crippen LogP contribution in [0.2, 0.25) is 0 Å². The molecule has 4 rings (SSSR count). The lowest BCUT2D eigenvalue weighted by atomic mass is 10.1. The minimum Gasteiger partial charge on any atom is -0.454 e. The van der Waals surface area contributed by atoms with Crippen molar-refractivity contribution in [1.29, 1.82) is 0 Å². The summed E-state index contributed by atoms with van der Waals surface area (Å²) in [5.41, 5.74) is 1.63. The number of ether oxygens (including phenoxy) is 2. The van der Waals surface area contributed by atoms with E-state index in [9.17, 15) is 10.2 Å². The zero-order valence-corrected chi connectivity index (χ0v) is 13.2. The Labute approximate surface area is 130 Å². The van der Waals surface area contributed by atoms with Gasteiger partial charge in [0, 0.05) is 8.95 Å². The molecular formula is C12H10Br2N2O4. The molecule has 0 radical (unpaired) electrons. The van der Waals surface area contributed by atoms with E-state index in [0.29, 0.717) is 6.01 Å². The molecule has 3 heterocycles. The number of nitrogens with zero attached hydrogens (tertiary/aromatic N) is 2. The first-order valence-corrected chi connectivity index (χ1v) is 7.67. The molecule has 2 aliphatic heterocycles. The Kier molecular flexibility index (Phi) is 2.87. The number of hydrogen-bond donors (Lipinski definition) is 2. The number of hydrogen-bond acceptors (Lipinski definition) is 5. The predicted molar refractivity (Wildman–Crippen MR) is 76.6 cm³/mol. The van der Waals surface area contributed by atoms with Crippen LogP contribution >= 0.6 is 31.9 Å². The Hall–Kier alpha value is -0.670. The molecule has 0 aliphatic carbocycles. The lowest BCUT2D eigenvalue weighted by molar-refractivity contribution is -0.0418. The molecule has 2 aromatic rings. The summed E-state index contributed by atoms with van der Waals surface area (Å²) in [7, 11) is 0. The lowest BCUT2D eigenvalue weighted by Crippen LogP contribution is -2.34. The fourth-order valence-corrected chi connectivity index (χ4v) is 3.39. The standard InChI is InChI=1S/C12H10Br2N2O4/c13-4-1-6-7(2-5(4)14)16-11-10(20-12(16)15-6)9(18)8(3-17)19-11/h1-2,8-11,17-18H,3H2/t8-,9-,10-,11+/m1/s1. The SMILES string of the molecule is OC[C@H]1O[C@H]2[C@H](Oc3nc4cc(Br)c(Br)cc4n32)[C@@H]1O. The number of halogens is 2. The predicted octanol–water partition coefficient (Wildman–Crippen LogP) is 1.57. The zero-order chi connectivity index (χ0) is 14.0. The van der Waals surface area contributed by atoms with E-state index in [-0.39, 0.29) is 6.61 Å². The van der Waals surface area contributed by atoms with Crippen molar-refractivity contribution < 1.29 is 19.7 Å². The molecule has 4 atom stereocenters. The average molecular weight is 406 g/mol. The molecule has 1 fully saturated rings. The van der Waals surface area contributed by atoms with Crippen molar-refractivity contribution in [1.82, 2.24) is 9.55 Å². The van der Waals surface area contributed by atoms with Crippen LogP contribution in [0.15, 0.2) is 21.1 Å². The molecule has 20 heavy (non-hydrogen) atoms. The summed E-state index contributed by atoms with van der Waals surface area (Å²) in [5.74, 6) is 0. The van der Waals surface area contributed by atoms with Gasteiger partial charge in [-0.25, -0.2) is 0 Å². The summed E-state index contributed by atoms with van der Waals surface area (Å²) >= 11 is 6.90. The molecular weight excluding hydrogens is 396 g/mol. The van der Waals surface area contributed by atoms with E-state index < -0.39 is 24.5 Å². The summed E-state index contributed by atoms with van der Waals surface area (Å²) in [6, 6.07) is 4.23. The van der Waals surface area contributed by atoms with Crippen LogP contribution in [0.5, 0.6) is 6.01 Å². The third-order valence-electron chi connectivity index (χ3n) is 3.69. The van der Waals surface area contributed by atoms with Gasteiger partial charge in [0.05, 0.1) is 17.6 Å². The number of aromatic nitrogens is 2. The largest absolute Gasteiger partial charge is 0.454 e. The van der Waals surface area contributed by atoms with Crippen LogP contribution in [0.25, 0.3) is 11.0 Å². The monoisotopic (exact) mass is 404 g/mol. The Balaban J connectivity index is 1.86. The van der Waals surface area contributed by atoms with E-state index in [4.69, 9.17) is 9.47 Å². The molecule has 1 aromatic heterocycles. The molecule has 106 valence electrons. The van der Waals surface area contributed by atoms with E-state index in [0.717, 1.165) is 20.0 Å². The van der Waals surface area contributed by atoms with Crippen LogP contribution in [-0.2, 0) is 4.74 Å². The van der Waals surface area contributed by atoms with Crippen molar-refractivity contribution in [2.75, 3.05) is 6.61 Å². The van der Waals surface area contributed by atoms with Gasteiger partial charge in [-0.1, -0.05) is 0 Å². The number of rotatable bonds is 1. The number of aliphatic hydroxyl groups is 2. The van der Waals surface area contributed by atoms with Crippen LogP contribution in [0, 0.1) is 0 Å². The van der Waals surface area contributed by atoms with Gasteiger partial charge in [0.1, 0.15) is 12.2 Å². The van der Waals surface area contributed by atoms with Crippen LogP contribution in [0.1, 0.15) is 6.23 Å². The van der Waals surface area contributed by atoms with E-state index in [1.807, 2.05) is 16.7 Å². The first-order chi connectivity index (χ1) is 9.60. The maximum Gasteiger partial charge on any atom is 0.300 e. The van der Waals surface area contributed by atoms with Gasteiger partial charge in [-0.3, -0.25) is 4.57 Å². The van der Waals surface area contributed by atoms with E-state index in [1.165, 1.54) is 0 Å². The summed E-state index contributed by atoms with van der Waals surface area (Å²) < 4.78 is 15.0. The van der Waals surface area contributed by atoms with Gasteiger partial charge in [0.2, 0.25) is 0 Å². The summed E-state index contributed by atoms with van der Waals surface area (Å²) in [4.78, 5) is 4.40. The molecule has 8 heteroatoms. The van der Waals surface area contributed by atoms with Crippen molar-refractivity contribution in [3.63, 3.8) is 0 Å². The van der Waals surface area contributed by atoms with Gasteiger partial charge in [0.15, 0.2) is 12.3 Å². The number of benzene rings is 1. The Morgan fingerprint density at radius 2 is 2.05 bits per heavy atom. The van der Waals surface area contributed by atoms with Crippen molar-refractivity contribution in [3.05, 3.63) is 21.1 Å². The van der Waals surface area contributed by atoms with Crippen molar-refractivity contribution >= 4 is 42.9 Å². The van der Waals surface area contributed by atoms with Gasteiger partial charge in [-0.15, -0.1) is 0 Å². The molecule has 0 spiro atoms. The van der Waals surface area contributed by atoms with Crippen molar-refractivity contribution in [2.45, 2.75) is 24.5 Å². The molecule has 6 nitrogen and oxygen atoms in total. The number of imidazole rings is 1. The normalized spacial score (nSPS) is 31.4. The highest BCUT2D eigenvalue weighted by atomic mass is 79.9. The minimum atomic E-state index is -0.861. The molecule has 0 bridgehead atoms. The topological polar surface area (TPSA) is 76.7 Å². The number of aliphatic hydroxyl groups excluding tert-OH is 2. The van der Waals surface area contributed by atoms with Crippen LogP contribution in [0.3, 0.4) is 0 Å². The van der Waals surface area contributed by atoms with Crippen LogP contribution < -0.4 is 4.74 Å². The highest BCUT2D eigenvalue weighted by Crippen LogP contribution is 2.43. The highest BCUT2D eigenvalue weighted by Gasteiger charge is 2.51. The van der Waals surface area contributed by atoms with E-state index >= 15 is 0 Å². The van der Waals surface area contributed by atoms with Gasteiger partial charge in [-0.05, 0) is 44.0 Å². The van der Waals surface area contributed by atoms with E-state index in [1.54, 1.807) is 0 Å². The first-order valence-electron chi connectivity index (χ1n) is 6.08. The van der Waals surface area contributed by atoms with Gasteiger partial charge >= 0.3 is 0 Å². The van der Waals surface area contributed by atoms with E-state index in [2.05, 4.69) is 36.8 Å². The van der Waals surface area contributed by atoms with Crippen molar-refractivity contribution in [2.24, 2.45) is 0 Å². The lowest BCUT2D eigenvalue weighted by Gasteiger charge is -2.13. The fourth-order valence-electron chi connectivity index (χ4n) is 2.72. The van der Waals surface area contributed by atoms with Gasteiger partial charge in [0.25, 0.3) is 6.01 Å². The Bertz CT molecular complexity index is 704. The maximum atomic E-state index is 10.1. The zero-order valence-electron chi connectivity index (χ0n) is 10.0. The molecule has 0 amide bonds. The van der Waals surface area contributed by atoms with Gasteiger partial charge in [-0.2, -0.15) is 4.98 Å². The third-order valence-corrected chi connectivity index (χ3v) is 5.53. The maximum absolute atomic E-state index is 10.1. The number of fused-ring (bicyclic) bond motifs is 5. The molecule has 2 N–H and O–H groups in total. The van der Waals surface area contributed by atoms with Crippen molar-refractivity contribution in [3.8, 4) is 6.01 Å². The average Bonchev–Trinajstić information content (AvgIpc) is 3.01. The fraction of sp³-hybridized carbons (Fsp3) is 0.417. The minimum absolute atomic E-state index is 0.241. The Morgan fingerprint density at radius 3 is 2.80 bits per heavy atom.